The molecule has 0 radical (unpaired) electrons. The maximum Gasteiger partial charge on any atom is 0.318 e. The van der Waals surface area contributed by atoms with E-state index in [4.69, 9.17) is 9.84 Å². The van der Waals surface area contributed by atoms with Gasteiger partial charge in [-0.25, -0.2) is 24.5 Å². The van der Waals surface area contributed by atoms with Crippen molar-refractivity contribution in [2.24, 2.45) is 17.0 Å². The fourth-order valence-electron chi connectivity index (χ4n) is 3.71. The summed E-state index contributed by atoms with van der Waals surface area (Å²) in [7, 11) is 1.80. The summed E-state index contributed by atoms with van der Waals surface area (Å²) in [5, 5.41) is 4.70. The topological polar surface area (TPSA) is 112 Å². The fourth-order valence-corrected chi connectivity index (χ4v) is 3.71. The number of esters is 1. The minimum atomic E-state index is -1.16. The molecule has 1 aromatic carbocycles. The van der Waals surface area contributed by atoms with Gasteiger partial charge in [-0.2, -0.15) is 5.10 Å². The highest BCUT2D eigenvalue weighted by atomic mass is 16.5. The lowest BCUT2D eigenvalue weighted by Crippen LogP contribution is -2.37. The minimum Gasteiger partial charge on any atom is -0.460 e. The van der Waals surface area contributed by atoms with Crippen molar-refractivity contribution in [1.82, 2.24) is 29.1 Å². The van der Waals surface area contributed by atoms with Gasteiger partial charge in [0.1, 0.15) is 18.4 Å². The van der Waals surface area contributed by atoms with Crippen molar-refractivity contribution >= 4 is 30.8 Å². The van der Waals surface area contributed by atoms with Gasteiger partial charge >= 0.3 is 5.97 Å². The first kappa shape index (κ1) is 24.9. The molecular formula is C26H30N8O2. The molecule has 0 saturated carbocycles. The number of hydrogen-bond acceptors (Lipinski definition) is 7. The van der Waals surface area contributed by atoms with E-state index >= 15 is 0 Å². The van der Waals surface area contributed by atoms with Gasteiger partial charge in [-0.1, -0.05) is 51.1 Å². The number of aryl methyl sites for hydroxylation is 1. The normalized spacial score (nSPS) is 13.7. The van der Waals surface area contributed by atoms with E-state index in [2.05, 4.69) is 52.4 Å². The first-order valence-corrected chi connectivity index (χ1v) is 11.6. The zero-order valence-electron chi connectivity index (χ0n) is 21.2. The molecule has 0 amide bonds. The number of nitrogens with zero attached hydrogens (tertiary/aromatic N) is 8. The second kappa shape index (κ2) is 9.80. The monoisotopic (exact) mass is 486 g/mol. The van der Waals surface area contributed by atoms with Gasteiger partial charge in [0, 0.05) is 25.1 Å². The van der Waals surface area contributed by atoms with Crippen LogP contribution in [0, 0.1) is 0 Å². The van der Waals surface area contributed by atoms with E-state index < -0.39 is 11.4 Å². The zero-order valence-corrected chi connectivity index (χ0v) is 21.2. The van der Waals surface area contributed by atoms with Gasteiger partial charge in [-0.15, -0.1) is 0 Å². The second-order valence-electron chi connectivity index (χ2n) is 9.91. The second-order valence-corrected chi connectivity index (χ2v) is 9.91. The summed E-state index contributed by atoms with van der Waals surface area (Å²) < 4.78 is 9.13. The van der Waals surface area contributed by atoms with Crippen LogP contribution >= 0.6 is 0 Å². The SMILES string of the molecule is C=N/C=N\c1nc(C(C)(Cc2cnc3nc(C(C)(C)C)cn3n2)C(=O)OCc2ccccc2)cn1C. The molecule has 4 rings (SSSR count). The average Bonchev–Trinajstić information content (AvgIpc) is 3.45. The molecule has 4 aromatic rings. The van der Waals surface area contributed by atoms with Crippen molar-refractivity contribution in [3.05, 3.63) is 71.6 Å². The van der Waals surface area contributed by atoms with Crippen LogP contribution in [0.5, 0.6) is 0 Å². The van der Waals surface area contributed by atoms with Crippen LogP contribution in [0.4, 0.5) is 5.95 Å². The van der Waals surface area contributed by atoms with Gasteiger partial charge < -0.3 is 9.30 Å². The molecule has 0 aliphatic heterocycles. The summed E-state index contributed by atoms with van der Waals surface area (Å²) in [6.07, 6.45) is 6.79. The van der Waals surface area contributed by atoms with Gasteiger partial charge in [0.05, 0.1) is 29.5 Å². The van der Waals surface area contributed by atoms with E-state index in [1.165, 1.54) is 6.34 Å². The molecule has 10 nitrogen and oxygen atoms in total. The number of hydrogen-bond donors (Lipinski definition) is 0. The molecule has 0 N–H and O–H groups in total. The smallest absolute Gasteiger partial charge is 0.318 e. The summed E-state index contributed by atoms with van der Waals surface area (Å²) in [6.45, 7) is 11.6. The number of aliphatic imine (C=N–C) groups is 2. The number of carbonyl (C=O) groups excluding carboxylic acids is 1. The lowest BCUT2D eigenvalue weighted by molar-refractivity contribution is -0.151. The van der Waals surface area contributed by atoms with Gasteiger partial charge in [0.15, 0.2) is 0 Å². The van der Waals surface area contributed by atoms with Crippen LogP contribution in [0.15, 0.2) is 58.9 Å². The molecule has 186 valence electrons. The summed E-state index contributed by atoms with van der Waals surface area (Å²) in [4.78, 5) is 35.1. The summed E-state index contributed by atoms with van der Waals surface area (Å²) >= 11 is 0. The summed E-state index contributed by atoms with van der Waals surface area (Å²) in [6, 6.07) is 9.54. The van der Waals surface area contributed by atoms with Crippen molar-refractivity contribution in [1.29, 1.82) is 0 Å². The zero-order chi connectivity index (χ0) is 25.9. The highest BCUT2D eigenvalue weighted by Gasteiger charge is 2.41. The van der Waals surface area contributed by atoms with Crippen LogP contribution in [0.3, 0.4) is 0 Å². The Balaban J connectivity index is 1.70. The van der Waals surface area contributed by atoms with E-state index in [0.717, 1.165) is 11.3 Å². The Morgan fingerprint density at radius 3 is 2.56 bits per heavy atom. The number of fused-ring (bicyclic) bond motifs is 1. The lowest BCUT2D eigenvalue weighted by Gasteiger charge is -2.25. The molecule has 10 heteroatoms. The maximum atomic E-state index is 13.6. The molecule has 36 heavy (non-hydrogen) atoms. The Hall–Kier alpha value is -4.21. The predicted octanol–water partition coefficient (Wildman–Crippen LogP) is 3.76. The Labute approximate surface area is 209 Å². The molecule has 0 spiro atoms. The first-order valence-electron chi connectivity index (χ1n) is 11.6. The molecule has 1 atom stereocenters. The number of benzene rings is 1. The Kier molecular flexibility index (Phi) is 6.78. The number of carbonyl (C=O) groups is 1. The highest BCUT2D eigenvalue weighted by molar-refractivity contribution is 5.82. The molecule has 3 aromatic heterocycles. The van der Waals surface area contributed by atoms with Crippen LogP contribution < -0.4 is 0 Å². The maximum absolute atomic E-state index is 13.6. The van der Waals surface area contributed by atoms with Gasteiger partial charge in [0.2, 0.25) is 5.95 Å². The van der Waals surface area contributed by atoms with Crippen molar-refractivity contribution in [3.63, 3.8) is 0 Å². The van der Waals surface area contributed by atoms with E-state index in [9.17, 15) is 4.79 Å². The van der Waals surface area contributed by atoms with E-state index in [-0.39, 0.29) is 18.4 Å². The van der Waals surface area contributed by atoms with Crippen molar-refractivity contribution in [2.45, 2.75) is 51.6 Å². The van der Waals surface area contributed by atoms with Crippen molar-refractivity contribution < 1.29 is 9.53 Å². The van der Waals surface area contributed by atoms with Gasteiger partial charge in [-0.05, 0) is 19.2 Å². The van der Waals surface area contributed by atoms with Crippen LogP contribution in [0.2, 0.25) is 0 Å². The minimum absolute atomic E-state index is 0.142. The van der Waals surface area contributed by atoms with Crippen LogP contribution in [0.25, 0.3) is 5.78 Å². The van der Waals surface area contributed by atoms with Crippen molar-refractivity contribution in [2.75, 3.05) is 0 Å². The van der Waals surface area contributed by atoms with Gasteiger partial charge in [-0.3, -0.25) is 9.79 Å². The molecule has 0 saturated heterocycles. The van der Waals surface area contributed by atoms with E-state index in [1.54, 1.807) is 35.4 Å². The molecule has 0 aliphatic carbocycles. The van der Waals surface area contributed by atoms with Crippen molar-refractivity contribution in [3.8, 4) is 0 Å². The Bertz CT molecular complexity index is 1410. The number of aromatic nitrogens is 6. The molecule has 0 aliphatic rings. The fraction of sp³-hybridized carbons (Fsp3) is 0.346. The summed E-state index contributed by atoms with van der Waals surface area (Å²) in [5.74, 6) is 0.471. The predicted molar refractivity (Wildman–Crippen MR) is 138 cm³/mol. The Morgan fingerprint density at radius 2 is 1.86 bits per heavy atom. The van der Waals surface area contributed by atoms with Gasteiger partial charge in [0.25, 0.3) is 5.78 Å². The standard InChI is InChI=1S/C26H30N8O2/c1-25(2,3)20-15-34-24(30-20)28-13-19(32-34)12-26(4,21-14-33(6)23(31-21)29-17-27-5)22(35)36-16-18-10-8-7-9-11-18/h7-11,13-15,17H,5,12,16H2,1-4,6H3/b29-17-. The quantitative estimate of drug-likeness (QED) is 0.213. The molecule has 1 unspecified atom stereocenters. The molecule has 0 bridgehead atoms. The largest absolute Gasteiger partial charge is 0.460 e. The lowest BCUT2D eigenvalue weighted by atomic mass is 9.82. The van der Waals surface area contributed by atoms with E-state index in [0.29, 0.717) is 23.1 Å². The Morgan fingerprint density at radius 1 is 1.11 bits per heavy atom. The third-order valence-corrected chi connectivity index (χ3v) is 5.87. The number of ether oxygens (including phenoxy) is 1. The highest BCUT2D eigenvalue weighted by Crippen LogP contribution is 2.31. The van der Waals surface area contributed by atoms with Crippen LogP contribution in [0.1, 0.15) is 50.3 Å². The first-order chi connectivity index (χ1) is 17.1. The van der Waals surface area contributed by atoms with Crippen LogP contribution in [-0.4, -0.2) is 48.2 Å². The number of imidazole rings is 2. The average molecular weight is 487 g/mol. The van der Waals surface area contributed by atoms with E-state index in [1.807, 2.05) is 36.5 Å². The number of rotatable bonds is 8. The summed E-state index contributed by atoms with van der Waals surface area (Å²) in [5.41, 5.74) is 1.58. The third kappa shape index (κ3) is 5.22. The molecule has 3 heterocycles. The molecular weight excluding hydrogens is 456 g/mol. The van der Waals surface area contributed by atoms with Crippen LogP contribution in [-0.2, 0) is 40.4 Å². The third-order valence-electron chi connectivity index (χ3n) is 5.87. The molecule has 0 fully saturated rings.